The van der Waals surface area contributed by atoms with Crippen LogP contribution in [0.5, 0.6) is 11.5 Å². The molecule has 1 aliphatic heterocycles. The minimum atomic E-state index is -0.189. The fraction of sp³-hybridized carbons (Fsp3) is 0.533. The summed E-state index contributed by atoms with van der Waals surface area (Å²) in [7, 11) is 3.24. The van der Waals surface area contributed by atoms with Crippen molar-refractivity contribution in [1.29, 1.82) is 0 Å². The number of amides is 1. The van der Waals surface area contributed by atoms with E-state index in [-0.39, 0.29) is 17.4 Å². The minimum Gasteiger partial charge on any atom is -0.493 e. The summed E-state index contributed by atoms with van der Waals surface area (Å²) >= 11 is 0. The third-order valence-corrected chi connectivity index (χ3v) is 4.08. The Balaban J connectivity index is 2.43. The third kappa shape index (κ3) is 2.27. The Labute approximate surface area is 114 Å². The maximum Gasteiger partial charge on any atom is 0.221 e. The maximum absolute atomic E-state index is 11.7. The second-order valence-corrected chi connectivity index (χ2v) is 5.19. The third-order valence-electron chi connectivity index (χ3n) is 4.08. The van der Waals surface area contributed by atoms with Gasteiger partial charge in [-0.1, -0.05) is 19.9 Å². The van der Waals surface area contributed by atoms with Crippen molar-refractivity contribution >= 4 is 5.91 Å². The number of methoxy groups -OCH3 is 2. The molecule has 1 aromatic rings. The molecule has 0 saturated carbocycles. The number of rotatable bonds is 4. The molecule has 1 heterocycles. The van der Waals surface area contributed by atoms with Crippen molar-refractivity contribution in [2.24, 2.45) is 0 Å². The molecule has 2 atom stereocenters. The van der Waals surface area contributed by atoms with Crippen LogP contribution in [0.15, 0.2) is 18.2 Å². The van der Waals surface area contributed by atoms with Crippen LogP contribution in [0.3, 0.4) is 0 Å². The van der Waals surface area contributed by atoms with Gasteiger partial charge in [-0.05, 0) is 24.1 Å². The van der Waals surface area contributed by atoms with Gasteiger partial charge in [-0.3, -0.25) is 4.79 Å². The number of benzene rings is 1. The summed E-state index contributed by atoms with van der Waals surface area (Å²) in [5.41, 5.74) is 0.918. The zero-order valence-electron chi connectivity index (χ0n) is 11.9. The van der Waals surface area contributed by atoms with Gasteiger partial charge in [-0.15, -0.1) is 0 Å². The molecule has 4 nitrogen and oxygen atoms in total. The Morgan fingerprint density at radius 3 is 2.58 bits per heavy atom. The lowest BCUT2D eigenvalue weighted by molar-refractivity contribution is -0.119. The van der Waals surface area contributed by atoms with E-state index in [0.29, 0.717) is 17.9 Å². The molecule has 1 saturated heterocycles. The van der Waals surface area contributed by atoms with Gasteiger partial charge in [0.15, 0.2) is 11.5 Å². The number of hydrogen-bond donors (Lipinski definition) is 1. The summed E-state index contributed by atoms with van der Waals surface area (Å²) in [6.45, 7) is 4.22. The number of hydrogen-bond acceptors (Lipinski definition) is 3. The summed E-state index contributed by atoms with van der Waals surface area (Å²) in [6, 6.07) is 6.05. The molecule has 0 aliphatic carbocycles. The molecule has 1 amide bonds. The van der Waals surface area contributed by atoms with E-state index in [0.717, 1.165) is 12.0 Å². The van der Waals surface area contributed by atoms with Gasteiger partial charge >= 0.3 is 0 Å². The number of carbonyl (C=O) groups is 1. The fourth-order valence-electron chi connectivity index (χ4n) is 2.91. The predicted octanol–water partition coefficient (Wildman–Crippen LogP) is 2.26. The molecular formula is C15H21NO3. The SMILES string of the molecule is CCC1NC(=O)CC1(C)c1ccc(OC)c(OC)c1. The zero-order valence-corrected chi connectivity index (χ0v) is 11.9. The van der Waals surface area contributed by atoms with E-state index in [1.165, 1.54) is 0 Å². The Hall–Kier alpha value is -1.71. The minimum absolute atomic E-state index is 0.115. The first-order chi connectivity index (χ1) is 9.05. The molecule has 0 spiro atoms. The molecule has 0 bridgehead atoms. The van der Waals surface area contributed by atoms with Crippen LogP contribution >= 0.6 is 0 Å². The van der Waals surface area contributed by atoms with E-state index in [2.05, 4.69) is 19.2 Å². The van der Waals surface area contributed by atoms with Crippen molar-refractivity contribution in [3.05, 3.63) is 23.8 Å². The van der Waals surface area contributed by atoms with Crippen LogP contribution in [0.4, 0.5) is 0 Å². The largest absolute Gasteiger partial charge is 0.493 e. The molecule has 0 radical (unpaired) electrons. The molecule has 19 heavy (non-hydrogen) atoms. The normalized spacial score (nSPS) is 26.1. The van der Waals surface area contributed by atoms with E-state index >= 15 is 0 Å². The highest BCUT2D eigenvalue weighted by Crippen LogP contribution is 2.40. The summed E-state index contributed by atoms with van der Waals surface area (Å²) < 4.78 is 10.6. The second kappa shape index (κ2) is 5.11. The smallest absolute Gasteiger partial charge is 0.221 e. The van der Waals surface area contributed by atoms with E-state index in [1.807, 2.05) is 18.2 Å². The van der Waals surface area contributed by atoms with Gasteiger partial charge in [0.2, 0.25) is 5.91 Å². The van der Waals surface area contributed by atoms with Crippen LogP contribution in [0.1, 0.15) is 32.3 Å². The standard InChI is InChI=1S/C15H21NO3/c1-5-13-15(2,9-14(17)16-13)10-6-7-11(18-3)12(8-10)19-4/h6-8,13H,5,9H2,1-4H3,(H,16,17). The molecule has 104 valence electrons. The lowest BCUT2D eigenvalue weighted by Gasteiger charge is -2.30. The van der Waals surface area contributed by atoms with Crippen molar-refractivity contribution in [2.45, 2.75) is 38.1 Å². The molecule has 1 aromatic carbocycles. The van der Waals surface area contributed by atoms with Gasteiger partial charge in [0.25, 0.3) is 0 Å². The topological polar surface area (TPSA) is 47.6 Å². The van der Waals surface area contributed by atoms with Gasteiger partial charge < -0.3 is 14.8 Å². The predicted molar refractivity (Wildman–Crippen MR) is 73.7 cm³/mol. The number of carbonyl (C=O) groups excluding carboxylic acids is 1. The molecule has 1 N–H and O–H groups in total. The van der Waals surface area contributed by atoms with Crippen molar-refractivity contribution in [2.75, 3.05) is 14.2 Å². The van der Waals surface area contributed by atoms with Crippen LogP contribution in [0.2, 0.25) is 0 Å². The zero-order chi connectivity index (χ0) is 14.0. The summed E-state index contributed by atoms with van der Waals surface area (Å²) in [4.78, 5) is 11.7. The van der Waals surface area contributed by atoms with Gasteiger partial charge in [0.1, 0.15) is 0 Å². The molecular weight excluding hydrogens is 242 g/mol. The Morgan fingerprint density at radius 2 is 2.00 bits per heavy atom. The fourth-order valence-corrected chi connectivity index (χ4v) is 2.91. The number of ether oxygens (including phenoxy) is 2. The lowest BCUT2D eigenvalue weighted by Crippen LogP contribution is -2.37. The number of nitrogens with one attached hydrogen (secondary N) is 1. The molecule has 1 fully saturated rings. The van der Waals surface area contributed by atoms with E-state index in [1.54, 1.807) is 14.2 Å². The first kappa shape index (κ1) is 13.7. The molecule has 1 aliphatic rings. The van der Waals surface area contributed by atoms with Crippen LogP contribution in [-0.4, -0.2) is 26.2 Å². The Morgan fingerprint density at radius 1 is 1.32 bits per heavy atom. The van der Waals surface area contributed by atoms with Crippen LogP contribution in [-0.2, 0) is 10.2 Å². The van der Waals surface area contributed by atoms with Crippen molar-refractivity contribution in [3.63, 3.8) is 0 Å². The molecule has 0 aromatic heterocycles. The lowest BCUT2D eigenvalue weighted by atomic mass is 9.75. The summed E-state index contributed by atoms with van der Waals surface area (Å²) in [5, 5.41) is 3.05. The van der Waals surface area contributed by atoms with Crippen molar-refractivity contribution < 1.29 is 14.3 Å². The van der Waals surface area contributed by atoms with Crippen molar-refractivity contribution in [3.8, 4) is 11.5 Å². The van der Waals surface area contributed by atoms with Gasteiger partial charge in [-0.25, -0.2) is 0 Å². The quantitative estimate of drug-likeness (QED) is 0.906. The van der Waals surface area contributed by atoms with Crippen LogP contribution in [0, 0.1) is 0 Å². The van der Waals surface area contributed by atoms with E-state index < -0.39 is 0 Å². The first-order valence-corrected chi connectivity index (χ1v) is 6.57. The average molecular weight is 263 g/mol. The molecule has 2 rings (SSSR count). The average Bonchev–Trinajstić information content (AvgIpc) is 2.73. The van der Waals surface area contributed by atoms with Gasteiger partial charge in [-0.2, -0.15) is 0 Å². The van der Waals surface area contributed by atoms with Crippen LogP contribution < -0.4 is 14.8 Å². The first-order valence-electron chi connectivity index (χ1n) is 6.57. The molecule has 4 heteroatoms. The summed E-state index contributed by atoms with van der Waals surface area (Å²) in [6.07, 6.45) is 1.43. The monoisotopic (exact) mass is 263 g/mol. The maximum atomic E-state index is 11.7. The van der Waals surface area contributed by atoms with E-state index in [4.69, 9.17) is 9.47 Å². The Kier molecular flexibility index (Phi) is 3.69. The van der Waals surface area contributed by atoms with Crippen LogP contribution in [0.25, 0.3) is 0 Å². The highest BCUT2D eigenvalue weighted by Gasteiger charge is 2.43. The van der Waals surface area contributed by atoms with Gasteiger partial charge in [0.05, 0.1) is 14.2 Å². The molecule has 2 unspecified atom stereocenters. The van der Waals surface area contributed by atoms with E-state index in [9.17, 15) is 4.79 Å². The second-order valence-electron chi connectivity index (χ2n) is 5.19. The van der Waals surface area contributed by atoms with Crippen molar-refractivity contribution in [1.82, 2.24) is 5.32 Å². The summed E-state index contributed by atoms with van der Waals surface area (Å²) in [5.74, 6) is 1.53. The highest BCUT2D eigenvalue weighted by molar-refractivity contribution is 5.81. The highest BCUT2D eigenvalue weighted by atomic mass is 16.5. The van der Waals surface area contributed by atoms with Gasteiger partial charge in [0, 0.05) is 17.9 Å². The Bertz CT molecular complexity index is 486.